The van der Waals surface area contributed by atoms with Gasteiger partial charge in [0.15, 0.2) is 5.84 Å². The molecular formula is C11H16N4O3S. The summed E-state index contributed by atoms with van der Waals surface area (Å²) in [6, 6.07) is 6.88. The number of oxime groups is 1. The lowest BCUT2D eigenvalue weighted by Crippen LogP contribution is -2.37. The molecule has 0 saturated heterocycles. The summed E-state index contributed by atoms with van der Waals surface area (Å²) in [7, 11) is -3.47. The molecule has 0 atom stereocenters. The van der Waals surface area contributed by atoms with Crippen LogP contribution < -0.4 is 15.2 Å². The summed E-state index contributed by atoms with van der Waals surface area (Å²) < 4.78 is 28.2. The number of hydrogen-bond donors (Lipinski definition) is 4. The Kier molecular flexibility index (Phi) is 4.03. The van der Waals surface area contributed by atoms with E-state index in [0.717, 1.165) is 18.4 Å². The monoisotopic (exact) mass is 284 g/mol. The highest BCUT2D eigenvalue weighted by Gasteiger charge is 2.26. The van der Waals surface area contributed by atoms with Crippen molar-refractivity contribution in [1.82, 2.24) is 9.44 Å². The highest BCUT2D eigenvalue weighted by atomic mass is 32.2. The molecule has 1 fully saturated rings. The fourth-order valence-electron chi connectivity index (χ4n) is 1.54. The average molecular weight is 284 g/mol. The van der Waals surface area contributed by atoms with Gasteiger partial charge in [0, 0.05) is 18.2 Å². The fraction of sp³-hybridized carbons (Fsp3) is 0.364. The van der Waals surface area contributed by atoms with Crippen LogP contribution >= 0.6 is 0 Å². The Bertz CT molecular complexity index is 581. The van der Waals surface area contributed by atoms with Crippen molar-refractivity contribution in [3.63, 3.8) is 0 Å². The summed E-state index contributed by atoms with van der Waals surface area (Å²) in [5.41, 5.74) is 6.73. The van der Waals surface area contributed by atoms with E-state index in [-0.39, 0.29) is 18.4 Å². The summed E-state index contributed by atoms with van der Waals surface area (Å²) in [6.07, 6.45) is 1.78. The summed E-state index contributed by atoms with van der Waals surface area (Å²) >= 11 is 0. The number of rotatable bonds is 6. The molecule has 1 saturated carbocycles. The molecule has 0 unspecified atom stereocenters. The van der Waals surface area contributed by atoms with Gasteiger partial charge in [-0.05, 0) is 24.5 Å². The average Bonchev–Trinajstić information content (AvgIpc) is 3.19. The maximum Gasteiger partial charge on any atom is 0.277 e. The van der Waals surface area contributed by atoms with Crippen LogP contribution in [0.25, 0.3) is 0 Å². The Morgan fingerprint density at radius 2 is 2.21 bits per heavy atom. The van der Waals surface area contributed by atoms with Gasteiger partial charge in [0.25, 0.3) is 10.2 Å². The molecule has 1 aromatic carbocycles. The number of nitrogens with zero attached hydrogens (tertiary/aromatic N) is 1. The van der Waals surface area contributed by atoms with Crippen LogP contribution in [-0.4, -0.2) is 25.5 Å². The zero-order chi connectivity index (χ0) is 13.9. The second-order valence-corrected chi connectivity index (χ2v) is 5.93. The zero-order valence-electron chi connectivity index (χ0n) is 10.2. The van der Waals surface area contributed by atoms with Gasteiger partial charge in [-0.1, -0.05) is 23.4 Å². The van der Waals surface area contributed by atoms with E-state index in [9.17, 15) is 8.42 Å². The molecule has 0 heterocycles. The van der Waals surface area contributed by atoms with E-state index >= 15 is 0 Å². The van der Waals surface area contributed by atoms with E-state index in [1.807, 2.05) is 0 Å². The summed E-state index contributed by atoms with van der Waals surface area (Å²) in [5, 5.41) is 11.5. The minimum absolute atomic E-state index is 0.0131. The molecule has 0 amide bonds. The predicted molar refractivity (Wildman–Crippen MR) is 70.9 cm³/mol. The van der Waals surface area contributed by atoms with Crippen molar-refractivity contribution in [2.75, 3.05) is 0 Å². The first kappa shape index (κ1) is 13.8. The van der Waals surface area contributed by atoms with Gasteiger partial charge in [-0.25, -0.2) is 0 Å². The standard InChI is InChI=1S/C11H16N4O3S/c12-11(14-16)9-3-1-2-8(6-9)7-13-19(17,18)15-10-4-5-10/h1-3,6,10,13,15-16H,4-5,7H2,(H2,12,14). The van der Waals surface area contributed by atoms with Gasteiger partial charge in [0.2, 0.25) is 0 Å². The highest BCUT2D eigenvalue weighted by Crippen LogP contribution is 2.19. The van der Waals surface area contributed by atoms with Gasteiger partial charge in [0.05, 0.1) is 0 Å². The van der Waals surface area contributed by atoms with Crippen molar-refractivity contribution in [2.24, 2.45) is 10.9 Å². The molecule has 1 aliphatic rings. The van der Waals surface area contributed by atoms with Crippen molar-refractivity contribution in [3.8, 4) is 0 Å². The third-order valence-corrected chi connectivity index (χ3v) is 3.86. The normalized spacial score (nSPS) is 16.5. The lowest BCUT2D eigenvalue weighted by atomic mass is 10.1. The van der Waals surface area contributed by atoms with Crippen LogP contribution in [0.5, 0.6) is 0 Å². The van der Waals surface area contributed by atoms with Gasteiger partial charge in [0.1, 0.15) is 0 Å². The first-order chi connectivity index (χ1) is 9.00. The van der Waals surface area contributed by atoms with Crippen molar-refractivity contribution in [1.29, 1.82) is 0 Å². The molecule has 7 nitrogen and oxygen atoms in total. The smallest absolute Gasteiger partial charge is 0.277 e. The first-order valence-corrected chi connectivity index (χ1v) is 7.32. The Morgan fingerprint density at radius 1 is 1.47 bits per heavy atom. The lowest BCUT2D eigenvalue weighted by Gasteiger charge is -2.08. The SMILES string of the molecule is N/C(=N/O)c1cccc(CNS(=O)(=O)NC2CC2)c1. The maximum atomic E-state index is 11.6. The maximum absolute atomic E-state index is 11.6. The molecule has 0 spiro atoms. The summed E-state index contributed by atoms with van der Waals surface area (Å²) in [5.74, 6) is -0.0131. The minimum Gasteiger partial charge on any atom is -0.409 e. The summed E-state index contributed by atoms with van der Waals surface area (Å²) in [6.45, 7) is 0.147. The molecule has 104 valence electrons. The third-order valence-electron chi connectivity index (χ3n) is 2.70. The van der Waals surface area contributed by atoms with Crippen molar-refractivity contribution in [3.05, 3.63) is 35.4 Å². The van der Waals surface area contributed by atoms with Gasteiger partial charge in [-0.15, -0.1) is 0 Å². The molecule has 0 aliphatic heterocycles. The van der Waals surface area contributed by atoms with E-state index in [4.69, 9.17) is 10.9 Å². The second kappa shape index (κ2) is 5.55. The molecule has 0 aromatic heterocycles. The van der Waals surface area contributed by atoms with E-state index in [0.29, 0.717) is 5.56 Å². The predicted octanol–water partition coefficient (Wildman–Crippen LogP) is -0.133. The van der Waals surface area contributed by atoms with Gasteiger partial charge in [-0.2, -0.15) is 17.9 Å². The molecule has 8 heteroatoms. The van der Waals surface area contributed by atoms with Crippen molar-refractivity contribution >= 4 is 16.0 Å². The number of nitrogens with one attached hydrogen (secondary N) is 2. The van der Waals surface area contributed by atoms with E-state index in [1.54, 1.807) is 24.3 Å². The Labute approximate surface area is 111 Å². The molecule has 5 N–H and O–H groups in total. The first-order valence-electron chi connectivity index (χ1n) is 5.84. The zero-order valence-corrected chi connectivity index (χ0v) is 11.0. The number of nitrogens with two attached hydrogens (primary N) is 1. The largest absolute Gasteiger partial charge is 0.409 e. The molecule has 19 heavy (non-hydrogen) atoms. The van der Waals surface area contributed by atoms with Crippen LogP contribution in [0.1, 0.15) is 24.0 Å². The Balaban J connectivity index is 1.99. The number of amidine groups is 1. The lowest BCUT2D eigenvalue weighted by molar-refractivity contribution is 0.318. The molecule has 2 rings (SSSR count). The van der Waals surface area contributed by atoms with E-state index in [1.165, 1.54) is 0 Å². The van der Waals surface area contributed by atoms with Crippen LogP contribution in [0.15, 0.2) is 29.4 Å². The Morgan fingerprint density at radius 3 is 2.84 bits per heavy atom. The summed E-state index contributed by atoms with van der Waals surface area (Å²) in [4.78, 5) is 0. The van der Waals surface area contributed by atoms with Crippen LogP contribution in [0.2, 0.25) is 0 Å². The Hall–Kier alpha value is -1.64. The van der Waals surface area contributed by atoms with Gasteiger partial charge >= 0.3 is 0 Å². The van der Waals surface area contributed by atoms with Crippen molar-refractivity contribution < 1.29 is 13.6 Å². The molecular weight excluding hydrogens is 268 g/mol. The third kappa shape index (κ3) is 4.19. The van der Waals surface area contributed by atoms with Gasteiger partial charge in [-0.3, -0.25) is 0 Å². The van der Waals surface area contributed by atoms with E-state index in [2.05, 4.69) is 14.6 Å². The number of hydrogen-bond acceptors (Lipinski definition) is 4. The quantitative estimate of drug-likeness (QED) is 0.252. The van der Waals surface area contributed by atoms with Gasteiger partial charge < -0.3 is 10.9 Å². The van der Waals surface area contributed by atoms with Crippen LogP contribution in [-0.2, 0) is 16.8 Å². The number of benzene rings is 1. The molecule has 1 aromatic rings. The fourth-order valence-corrected chi connectivity index (χ4v) is 2.65. The van der Waals surface area contributed by atoms with Crippen molar-refractivity contribution in [2.45, 2.75) is 25.4 Å². The van der Waals surface area contributed by atoms with Crippen LogP contribution in [0, 0.1) is 0 Å². The van der Waals surface area contributed by atoms with Crippen LogP contribution in [0.4, 0.5) is 0 Å². The minimum atomic E-state index is -3.47. The highest BCUT2D eigenvalue weighted by molar-refractivity contribution is 7.87. The topological polar surface area (TPSA) is 117 Å². The molecule has 0 bridgehead atoms. The molecule has 1 aliphatic carbocycles. The molecule has 0 radical (unpaired) electrons. The van der Waals surface area contributed by atoms with Crippen LogP contribution in [0.3, 0.4) is 0 Å². The van der Waals surface area contributed by atoms with E-state index < -0.39 is 10.2 Å². The second-order valence-electron chi connectivity index (χ2n) is 4.40.